The Kier molecular flexibility index (Phi) is 26.5. The van der Waals surface area contributed by atoms with Crippen LogP contribution in [-0.2, 0) is 0 Å². The van der Waals surface area contributed by atoms with Gasteiger partial charge in [-0.2, -0.15) is 0 Å². The van der Waals surface area contributed by atoms with Crippen LogP contribution in [0.5, 0.6) is 0 Å². The lowest BCUT2D eigenvalue weighted by Gasteiger charge is -2.03. The summed E-state index contributed by atoms with van der Waals surface area (Å²) >= 11 is 0. The highest BCUT2D eigenvalue weighted by Crippen LogP contribution is 2.14. The van der Waals surface area contributed by atoms with Crippen molar-refractivity contribution < 1.29 is 0 Å². The van der Waals surface area contributed by atoms with E-state index in [0.29, 0.717) is 0 Å². The molecule has 168 valence electrons. The molecule has 0 unspecified atom stereocenters. The molecule has 0 bridgehead atoms. The third-order valence-corrected chi connectivity index (χ3v) is 6.12. The molecule has 0 N–H and O–H groups in total. The van der Waals surface area contributed by atoms with Crippen LogP contribution in [0.2, 0.25) is 0 Å². The molecule has 0 saturated heterocycles. The fourth-order valence-corrected chi connectivity index (χ4v) is 4.09. The van der Waals surface area contributed by atoms with Crippen molar-refractivity contribution in [2.75, 3.05) is 0 Å². The highest BCUT2D eigenvalue weighted by Gasteiger charge is 1.94. The average Bonchev–Trinajstić information content (AvgIpc) is 2.71. The van der Waals surface area contributed by atoms with Crippen LogP contribution in [0.1, 0.15) is 168 Å². The van der Waals surface area contributed by atoms with Gasteiger partial charge in [0.1, 0.15) is 0 Å². The zero-order chi connectivity index (χ0) is 20.4. The van der Waals surface area contributed by atoms with Crippen LogP contribution >= 0.6 is 0 Å². The van der Waals surface area contributed by atoms with E-state index in [4.69, 9.17) is 0 Å². The number of hydrogen-bond donors (Lipinski definition) is 0. The fourth-order valence-electron chi connectivity index (χ4n) is 4.09. The second-order valence-electron chi connectivity index (χ2n) is 9.12. The van der Waals surface area contributed by atoms with Gasteiger partial charge in [-0.1, -0.05) is 154 Å². The highest BCUT2D eigenvalue weighted by atomic mass is 14.0. The van der Waals surface area contributed by atoms with E-state index in [2.05, 4.69) is 26.0 Å². The Bertz CT molecular complexity index is 278. The van der Waals surface area contributed by atoms with Gasteiger partial charge in [-0.05, 0) is 25.7 Å². The molecule has 0 heteroatoms. The van der Waals surface area contributed by atoms with Crippen molar-refractivity contribution in [1.29, 1.82) is 0 Å². The molecule has 0 heterocycles. The largest absolute Gasteiger partial charge is 0.0885 e. The maximum absolute atomic E-state index is 2.44. The minimum absolute atomic E-state index is 1.31. The number of allylic oxidation sites excluding steroid dienone is 2. The van der Waals surface area contributed by atoms with Gasteiger partial charge in [-0.25, -0.2) is 0 Å². The predicted molar refractivity (Wildman–Crippen MR) is 131 cm³/mol. The summed E-state index contributed by atoms with van der Waals surface area (Å²) in [5, 5.41) is 0. The molecule has 0 aliphatic rings. The molecule has 0 rings (SSSR count). The first-order chi connectivity index (χ1) is 13.9. The van der Waals surface area contributed by atoms with Gasteiger partial charge >= 0.3 is 0 Å². The maximum atomic E-state index is 2.44. The van der Waals surface area contributed by atoms with Gasteiger partial charge in [-0.15, -0.1) is 0 Å². The summed E-state index contributed by atoms with van der Waals surface area (Å²) < 4.78 is 0. The number of hydrogen-bond acceptors (Lipinski definition) is 0. The normalized spacial score (nSPS) is 11.6. The molecule has 0 radical (unpaired) electrons. The Hall–Kier alpha value is -0.260. The van der Waals surface area contributed by atoms with E-state index in [9.17, 15) is 0 Å². The van der Waals surface area contributed by atoms with Gasteiger partial charge in [0.15, 0.2) is 0 Å². The van der Waals surface area contributed by atoms with Crippen LogP contribution in [0.25, 0.3) is 0 Å². The molecule has 28 heavy (non-hydrogen) atoms. The van der Waals surface area contributed by atoms with Crippen molar-refractivity contribution in [3.05, 3.63) is 12.2 Å². The fraction of sp³-hybridized carbons (Fsp3) is 0.929. The van der Waals surface area contributed by atoms with E-state index < -0.39 is 0 Å². The first-order valence-electron chi connectivity index (χ1n) is 13.6. The average molecular weight is 393 g/mol. The van der Waals surface area contributed by atoms with Crippen molar-refractivity contribution in [3.63, 3.8) is 0 Å². The van der Waals surface area contributed by atoms with Gasteiger partial charge in [0.05, 0.1) is 0 Å². The minimum atomic E-state index is 1.31. The molecule has 0 amide bonds. The molecule has 0 nitrogen and oxygen atoms in total. The Morgan fingerprint density at radius 2 is 0.500 bits per heavy atom. The quantitative estimate of drug-likeness (QED) is 0.113. The second kappa shape index (κ2) is 26.7. The zero-order valence-electron chi connectivity index (χ0n) is 20.1. The van der Waals surface area contributed by atoms with E-state index in [-0.39, 0.29) is 0 Å². The molecule has 0 aliphatic carbocycles. The SMILES string of the molecule is CCCCCCC/C=C/CCCCCCCCCCCCCCCCCCC. The van der Waals surface area contributed by atoms with Crippen LogP contribution < -0.4 is 0 Å². The molecule has 0 aromatic rings. The molecule has 0 aromatic heterocycles. The van der Waals surface area contributed by atoms with Crippen molar-refractivity contribution in [3.8, 4) is 0 Å². The monoisotopic (exact) mass is 392 g/mol. The molecule has 0 aliphatic heterocycles. The third kappa shape index (κ3) is 25.7. The minimum Gasteiger partial charge on any atom is -0.0885 e. The Balaban J connectivity index is 3.03. The predicted octanol–water partition coefficient (Wildman–Crippen LogP) is 10.9. The Morgan fingerprint density at radius 1 is 0.286 bits per heavy atom. The number of unbranched alkanes of at least 4 members (excludes halogenated alkanes) is 22. The molecule has 0 atom stereocenters. The first kappa shape index (κ1) is 27.7. The highest BCUT2D eigenvalue weighted by molar-refractivity contribution is 4.81. The van der Waals surface area contributed by atoms with Crippen molar-refractivity contribution in [2.45, 2.75) is 168 Å². The molecule has 0 spiro atoms. The molecule has 0 aromatic carbocycles. The van der Waals surface area contributed by atoms with Gasteiger partial charge < -0.3 is 0 Å². The number of rotatable bonds is 24. The Morgan fingerprint density at radius 3 is 0.750 bits per heavy atom. The summed E-state index contributed by atoms with van der Waals surface area (Å²) in [7, 11) is 0. The molecular formula is C28H56. The van der Waals surface area contributed by atoms with E-state index in [1.807, 2.05) is 0 Å². The zero-order valence-corrected chi connectivity index (χ0v) is 20.1. The van der Waals surface area contributed by atoms with Gasteiger partial charge in [-0.3, -0.25) is 0 Å². The van der Waals surface area contributed by atoms with Gasteiger partial charge in [0, 0.05) is 0 Å². The van der Waals surface area contributed by atoms with Gasteiger partial charge in [0.2, 0.25) is 0 Å². The van der Waals surface area contributed by atoms with Crippen molar-refractivity contribution >= 4 is 0 Å². The van der Waals surface area contributed by atoms with Crippen LogP contribution in [0, 0.1) is 0 Å². The molecular weight excluding hydrogens is 336 g/mol. The summed E-state index contributed by atoms with van der Waals surface area (Å²) in [5.41, 5.74) is 0. The summed E-state index contributed by atoms with van der Waals surface area (Å²) in [6.45, 7) is 4.59. The van der Waals surface area contributed by atoms with E-state index in [1.54, 1.807) is 0 Å². The molecule has 0 fully saturated rings. The smallest absolute Gasteiger partial charge is 0.0351 e. The summed E-state index contributed by atoms with van der Waals surface area (Å²) in [6.07, 6.45) is 39.4. The van der Waals surface area contributed by atoms with E-state index in [1.165, 1.54) is 154 Å². The standard InChI is InChI=1S/C28H56/c1-3-5-7-9-11-13-15-17-19-21-23-25-27-28-26-24-22-20-18-16-14-12-10-8-6-4-2/h15,17H,3-14,16,18-28H2,1-2H3/b17-15+. The Labute approximate surface area is 180 Å². The summed E-state index contributed by atoms with van der Waals surface area (Å²) in [5.74, 6) is 0. The van der Waals surface area contributed by atoms with Crippen LogP contribution in [0.4, 0.5) is 0 Å². The van der Waals surface area contributed by atoms with Crippen LogP contribution in [-0.4, -0.2) is 0 Å². The van der Waals surface area contributed by atoms with Crippen LogP contribution in [0.15, 0.2) is 12.2 Å². The first-order valence-corrected chi connectivity index (χ1v) is 13.6. The van der Waals surface area contributed by atoms with Crippen molar-refractivity contribution in [2.24, 2.45) is 0 Å². The summed E-state index contributed by atoms with van der Waals surface area (Å²) in [6, 6.07) is 0. The topological polar surface area (TPSA) is 0 Å². The van der Waals surface area contributed by atoms with Gasteiger partial charge in [0.25, 0.3) is 0 Å². The van der Waals surface area contributed by atoms with E-state index >= 15 is 0 Å². The lowest BCUT2D eigenvalue weighted by Crippen LogP contribution is -1.83. The second-order valence-corrected chi connectivity index (χ2v) is 9.12. The lowest BCUT2D eigenvalue weighted by atomic mass is 10.0. The third-order valence-electron chi connectivity index (χ3n) is 6.12. The maximum Gasteiger partial charge on any atom is -0.0351 e. The lowest BCUT2D eigenvalue weighted by molar-refractivity contribution is 0.527. The molecule has 0 saturated carbocycles. The van der Waals surface area contributed by atoms with Crippen LogP contribution in [0.3, 0.4) is 0 Å². The van der Waals surface area contributed by atoms with Crippen molar-refractivity contribution in [1.82, 2.24) is 0 Å². The summed E-state index contributed by atoms with van der Waals surface area (Å²) in [4.78, 5) is 0. The van der Waals surface area contributed by atoms with E-state index in [0.717, 1.165) is 0 Å².